The number of carbonyl (C=O) groups is 6. The Balaban J connectivity index is 1.37. The summed E-state index contributed by atoms with van der Waals surface area (Å²) < 4.78 is 5.16. The molecule has 1 aromatic carbocycles. The number of ether oxygens (including phenoxy) is 1. The van der Waals surface area contributed by atoms with Gasteiger partial charge in [0.25, 0.3) is 17.4 Å². The molecule has 0 spiro atoms. The van der Waals surface area contributed by atoms with E-state index in [4.69, 9.17) is 4.74 Å². The Kier molecular flexibility index (Phi) is 7.07. The Morgan fingerprint density at radius 3 is 2.64 bits per heavy atom. The molecular formula is C20H15N5O9S2. The highest BCUT2D eigenvalue weighted by Gasteiger charge is 2.58. The van der Waals surface area contributed by atoms with Crippen molar-refractivity contribution in [3.63, 3.8) is 0 Å². The lowest BCUT2D eigenvalue weighted by molar-refractivity contribution is -0.384. The minimum Gasteiger partial charge on any atom is -0.459 e. The molecule has 2 aliphatic heterocycles. The maximum Gasteiger partial charge on any atom is 0.337 e. The second kappa shape index (κ2) is 10.2. The molecule has 0 radical (unpaired) electrons. The number of nitro groups is 1. The molecule has 3 amide bonds. The van der Waals surface area contributed by atoms with Crippen LogP contribution >= 0.6 is 23.1 Å². The first-order valence-corrected chi connectivity index (χ1v) is 12.0. The van der Waals surface area contributed by atoms with Gasteiger partial charge in [-0.15, -0.1) is 23.1 Å². The number of hydrogen-bond donors (Lipinski definition) is 2. The lowest BCUT2D eigenvalue weighted by Crippen LogP contribution is -2.76. The van der Waals surface area contributed by atoms with Crippen LogP contribution in [0.2, 0.25) is 0 Å². The first-order valence-electron chi connectivity index (χ1n) is 10.1. The lowest BCUT2D eigenvalue weighted by Gasteiger charge is -2.51. The third-order valence-electron chi connectivity index (χ3n) is 5.22. The van der Waals surface area contributed by atoms with E-state index in [0.29, 0.717) is 12.0 Å². The molecule has 3 heterocycles. The smallest absolute Gasteiger partial charge is 0.337 e. The van der Waals surface area contributed by atoms with Crippen LogP contribution < -0.4 is 10.6 Å². The predicted octanol–water partition coefficient (Wildman–Crippen LogP) is -0.117. The summed E-state index contributed by atoms with van der Waals surface area (Å²) in [4.78, 5) is 87.9. The van der Waals surface area contributed by atoms with E-state index in [-0.39, 0.29) is 28.9 Å². The number of anilines is 1. The second-order valence-corrected chi connectivity index (χ2v) is 9.39. The van der Waals surface area contributed by atoms with Crippen molar-refractivity contribution in [2.75, 3.05) is 11.1 Å². The Hall–Kier alpha value is -4.18. The number of β-lactam (4-membered cyclic amide) rings is 1. The first-order chi connectivity index (χ1) is 17.2. The average Bonchev–Trinajstić information content (AvgIpc) is 3.34. The predicted molar refractivity (Wildman–Crippen MR) is 123 cm³/mol. The summed E-state index contributed by atoms with van der Waals surface area (Å²) >= 11 is 1.96. The standard InChI is InChI=1S/C20H15N5O9S2/c26-8-21-20-22-11(6-36-20)15(28)16(29)23-13-17(30)24-14(12(27)7-35-18(13)24)19(31)34-5-9-1-3-10(4-2-9)25(32)33/h1-4,6,8,13-14,18H,5,7H2,(H,23,29)(H,21,22,26)/t13?,14?,18-/m0/s1. The number of benzene rings is 1. The molecule has 1 aromatic heterocycles. The van der Waals surface area contributed by atoms with E-state index in [9.17, 15) is 38.9 Å². The Labute approximate surface area is 209 Å². The van der Waals surface area contributed by atoms with Gasteiger partial charge in [-0.05, 0) is 17.7 Å². The molecule has 4 rings (SSSR count). The molecule has 2 fully saturated rings. The number of carbonyl (C=O) groups excluding carboxylic acids is 6. The molecule has 2 unspecified atom stereocenters. The third kappa shape index (κ3) is 4.80. The van der Waals surface area contributed by atoms with Gasteiger partial charge in [-0.25, -0.2) is 9.78 Å². The number of aromatic nitrogens is 1. The van der Waals surface area contributed by atoms with Crippen LogP contribution in [0.15, 0.2) is 29.6 Å². The molecule has 0 saturated carbocycles. The number of thioether (sulfide) groups is 1. The monoisotopic (exact) mass is 533 g/mol. The Morgan fingerprint density at radius 2 is 1.97 bits per heavy atom. The third-order valence-corrected chi connectivity index (χ3v) is 7.29. The molecule has 0 bridgehead atoms. The zero-order valence-electron chi connectivity index (χ0n) is 17.9. The lowest BCUT2D eigenvalue weighted by atomic mass is 10.00. The quantitative estimate of drug-likeness (QED) is 0.0637. The summed E-state index contributed by atoms with van der Waals surface area (Å²) in [6.45, 7) is -0.274. The molecular weight excluding hydrogens is 518 g/mol. The van der Waals surface area contributed by atoms with Crippen LogP contribution in [0.1, 0.15) is 16.1 Å². The van der Waals surface area contributed by atoms with Gasteiger partial charge in [0.15, 0.2) is 17.0 Å². The number of nitrogens with zero attached hydrogens (tertiary/aromatic N) is 3. The summed E-state index contributed by atoms with van der Waals surface area (Å²) in [7, 11) is 0. The molecule has 2 aliphatic rings. The van der Waals surface area contributed by atoms with Crippen LogP contribution in [0, 0.1) is 10.1 Å². The highest BCUT2D eigenvalue weighted by molar-refractivity contribution is 8.00. The fourth-order valence-electron chi connectivity index (χ4n) is 3.48. The molecule has 3 atom stereocenters. The molecule has 0 aliphatic carbocycles. The van der Waals surface area contributed by atoms with Gasteiger partial charge in [0, 0.05) is 17.5 Å². The Bertz CT molecular complexity index is 1280. The molecule has 2 aromatic rings. The van der Waals surface area contributed by atoms with Gasteiger partial charge in [0.1, 0.15) is 23.7 Å². The minimum absolute atomic E-state index is 0.114. The van der Waals surface area contributed by atoms with E-state index in [2.05, 4.69) is 15.6 Å². The van der Waals surface area contributed by atoms with E-state index in [1.165, 1.54) is 29.6 Å². The van der Waals surface area contributed by atoms with Crippen LogP contribution in [-0.4, -0.2) is 73.8 Å². The van der Waals surface area contributed by atoms with Crippen LogP contribution in [0.5, 0.6) is 0 Å². The van der Waals surface area contributed by atoms with Crippen molar-refractivity contribution in [2.24, 2.45) is 0 Å². The number of hydrogen-bond acceptors (Lipinski definition) is 12. The highest BCUT2D eigenvalue weighted by Crippen LogP contribution is 2.37. The van der Waals surface area contributed by atoms with Crippen LogP contribution in [0.25, 0.3) is 0 Å². The zero-order valence-corrected chi connectivity index (χ0v) is 19.6. The maximum absolute atomic E-state index is 12.7. The molecule has 2 saturated heterocycles. The number of thiazole rings is 1. The SMILES string of the molecule is O=CNc1nc(C(=O)C(=O)NC2C(=O)N3C(C(=O)OCc4ccc([N+](=O)[O-])cc4)C(=O)CS[C@@H]23)cs1. The molecule has 186 valence electrons. The van der Waals surface area contributed by atoms with Crippen molar-refractivity contribution >= 4 is 69.7 Å². The number of rotatable bonds is 9. The number of non-ortho nitro benzene ring substituents is 1. The van der Waals surface area contributed by atoms with Crippen molar-refractivity contribution in [3.8, 4) is 0 Å². The molecule has 36 heavy (non-hydrogen) atoms. The molecule has 16 heteroatoms. The van der Waals surface area contributed by atoms with Gasteiger partial charge in [-0.3, -0.25) is 34.1 Å². The van der Waals surface area contributed by atoms with Crippen molar-refractivity contribution in [1.82, 2.24) is 15.2 Å². The van der Waals surface area contributed by atoms with E-state index in [0.717, 1.165) is 28.0 Å². The number of esters is 1. The number of nitro benzene ring substituents is 1. The number of Topliss-reactive ketones (excluding diaryl/α,β-unsaturated/α-hetero) is 2. The van der Waals surface area contributed by atoms with Gasteiger partial charge < -0.3 is 20.3 Å². The summed E-state index contributed by atoms with van der Waals surface area (Å²) in [5.74, 6) is -4.52. The first kappa shape index (κ1) is 24.9. The van der Waals surface area contributed by atoms with Gasteiger partial charge in [-0.2, -0.15) is 0 Å². The highest BCUT2D eigenvalue weighted by atomic mass is 32.2. The van der Waals surface area contributed by atoms with E-state index in [1.807, 2.05) is 0 Å². The van der Waals surface area contributed by atoms with Gasteiger partial charge in [-0.1, -0.05) is 0 Å². The molecule has 2 N–H and O–H groups in total. The fourth-order valence-corrected chi connectivity index (χ4v) is 5.39. The Morgan fingerprint density at radius 1 is 1.25 bits per heavy atom. The average molecular weight is 534 g/mol. The van der Waals surface area contributed by atoms with Gasteiger partial charge >= 0.3 is 5.97 Å². The zero-order chi connectivity index (χ0) is 26.0. The number of fused-ring (bicyclic) bond motifs is 1. The van der Waals surface area contributed by atoms with Crippen LogP contribution in [0.4, 0.5) is 10.8 Å². The minimum atomic E-state index is -1.51. The van der Waals surface area contributed by atoms with Crippen LogP contribution in [-0.2, 0) is 35.3 Å². The van der Waals surface area contributed by atoms with Crippen LogP contribution in [0.3, 0.4) is 0 Å². The van der Waals surface area contributed by atoms with Crippen molar-refractivity contribution in [3.05, 3.63) is 51.0 Å². The second-order valence-electron chi connectivity index (χ2n) is 7.43. The summed E-state index contributed by atoms with van der Waals surface area (Å²) in [5, 5.41) is 15.9. The molecule has 14 nitrogen and oxygen atoms in total. The van der Waals surface area contributed by atoms with Crippen molar-refractivity contribution in [1.29, 1.82) is 0 Å². The van der Waals surface area contributed by atoms with E-state index in [1.54, 1.807) is 0 Å². The van der Waals surface area contributed by atoms with E-state index >= 15 is 0 Å². The summed E-state index contributed by atoms with van der Waals surface area (Å²) in [6.07, 6.45) is 0.365. The van der Waals surface area contributed by atoms with Gasteiger partial charge in [0.2, 0.25) is 12.3 Å². The van der Waals surface area contributed by atoms with E-state index < -0.39 is 51.7 Å². The number of ketones is 2. The summed E-state index contributed by atoms with van der Waals surface area (Å²) in [6, 6.07) is 2.60. The van der Waals surface area contributed by atoms with Crippen molar-refractivity contribution < 1.29 is 38.4 Å². The fraction of sp³-hybridized carbons (Fsp3) is 0.250. The normalized spacial score (nSPS) is 20.6. The number of nitrogens with one attached hydrogen (secondary N) is 2. The maximum atomic E-state index is 12.7. The summed E-state index contributed by atoms with van der Waals surface area (Å²) in [5.41, 5.74) is 0.0814. The topological polar surface area (TPSA) is 195 Å². The van der Waals surface area contributed by atoms with Gasteiger partial charge in [0.05, 0.1) is 10.7 Å². The largest absolute Gasteiger partial charge is 0.459 e. The van der Waals surface area contributed by atoms with Crippen molar-refractivity contribution in [2.45, 2.75) is 24.1 Å². The number of amides is 3.